The molecule has 204 valence electrons. The van der Waals surface area contributed by atoms with Gasteiger partial charge in [-0.2, -0.15) is 0 Å². The zero-order valence-electron chi connectivity index (χ0n) is 24.1. The number of carbonyl (C=O) groups excluding carboxylic acids is 1. The zero-order valence-corrected chi connectivity index (χ0v) is 24.1. The summed E-state index contributed by atoms with van der Waals surface area (Å²) in [7, 11) is 0. The first-order chi connectivity index (χ1) is 17.6. The van der Waals surface area contributed by atoms with Gasteiger partial charge in [-0.3, -0.25) is 10.0 Å². The molecule has 1 saturated heterocycles. The van der Waals surface area contributed by atoms with Crippen LogP contribution in [-0.4, -0.2) is 44.1 Å². The van der Waals surface area contributed by atoms with E-state index >= 15 is 0 Å². The van der Waals surface area contributed by atoms with E-state index < -0.39 is 0 Å². The first-order valence-corrected chi connectivity index (χ1v) is 13.6. The number of hydrogen-bond acceptors (Lipinski definition) is 7. The maximum atomic E-state index is 9.82. The molecule has 36 heavy (non-hydrogen) atoms. The molecule has 4 rings (SSSR count). The van der Waals surface area contributed by atoms with Crippen LogP contribution in [0.1, 0.15) is 104 Å². The minimum absolute atomic E-state index is 0.330. The minimum atomic E-state index is -0.352. The largest absolute Gasteiger partial charge is 0.356 e. The molecular formula is C28H50N6O2. The molecule has 0 bridgehead atoms. The molecule has 2 aromatic heterocycles. The smallest absolute Gasteiger partial charge is 0.243 e. The number of rotatable bonds is 3. The van der Waals surface area contributed by atoms with E-state index in [1.807, 2.05) is 61.5 Å². The van der Waals surface area contributed by atoms with E-state index in [0.29, 0.717) is 6.42 Å². The molecule has 0 saturated carbocycles. The van der Waals surface area contributed by atoms with E-state index in [2.05, 4.69) is 37.0 Å². The van der Waals surface area contributed by atoms with Gasteiger partial charge in [-0.1, -0.05) is 61.5 Å². The van der Waals surface area contributed by atoms with Crippen LogP contribution >= 0.6 is 0 Å². The van der Waals surface area contributed by atoms with Crippen LogP contribution in [0.4, 0.5) is 5.82 Å². The van der Waals surface area contributed by atoms with Crippen LogP contribution in [-0.2, 0) is 17.6 Å². The highest BCUT2D eigenvalue weighted by atomic mass is 16.5. The van der Waals surface area contributed by atoms with Gasteiger partial charge in [0.2, 0.25) is 5.91 Å². The number of amides is 1. The number of aryl methyl sites for hydroxylation is 2. The van der Waals surface area contributed by atoms with E-state index in [9.17, 15) is 4.79 Å². The average molecular weight is 503 g/mol. The quantitative estimate of drug-likeness (QED) is 0.371. The van der Waals surface area contributed by atoms with E-state index in [1.165, 1.54) is 36.1 Å². The van der Waals surface area contributed by atoms with Crippen molar-refractivity contribution in [2.24, 2.45) is 0 Å². The van der Waals surface area contributed by atoms with Crippen LogP contribution in [0.2, 0.25) is 0 Å². The zero-order chi connectivity index (χ0) is 27.8. The van der Waals surface area contributed by atoms with Gasteiger partial charge in [0.1, 0.15) is 17.5 Å². The molecule has 1 fully saturated rings. The number of nitrogens with zero attached hydrogens (tertiary/aromatic N) is 5. The molecule has 0 atom stereocenters. The maximum absolute atomic E-state index is 9.82. The van der Waals surface area contributed by atoms with Gasteiger partial charge in [0.25, 0.3) is 0 Å². The predicted octanol–water partition coefficient (Wildman–Crippen LogP) is 6.36. The first kappa shape index (κ1) is 35.3. The van der Waals surface area contributed by atoms with Crippen molar-refractivity contribution >= 4 is 17.8 Å². The van der Waals surface area contributed by atoms with Gasteiger partial charge in [-0.05, 0) is 44.7 Å². The number of anilines is 1. The van der Waals surface area contributed by atoms with Crippen molar-refractivity contribution in [1.29, 1.82) is 0 Å². The third-order valence-corrected chi connectivity index (χ3v) is 4.76. The minimum Gasteiger partial charge on any atom is -0.356 e. The van der Waals surface area contributed by atoms with Crippen molar-refractivity contribution in [2.45, 2.75) is 101 Å². The summed E-state index contributed by atoms with van der Waals surface area (Å²) in [5.74, 6) is 2.64. The Kier molecular flexibility index (Phi) is 23.4. The normalized spacial score (nSPS) is 12.2. The van der Waals surface area contributed by atoms with Crippen molar-refractivity contribution in [3.63, 3.8) is 0 Å². The summed E-state index contributed by atoms with van der Waals surface area (Å²) in [6.07, 6.45) is 14.0. The molecule has 2 N–H and O–H groups in total. The number of allylic oxidation sites excluding steroid dienone is 1. The van der Waals surface area contributed by atoms with Crippen LogP contribution in [0.15, 0.2) is 24.5 Å². The van der Waals surface area contributed by atoms with Gasteiger partial charge in [-0.25, -0.2) is 25.4 Å². The Balaban J connectivity index is 0. The maximum Gasteiger partial charge on any atom is 0.243 e. The molecule has 8 nitrogen and oxygen atoms in total. The highest BCUT2D eigenvalue weighted by Crippen LogP contribution is 2.28. The lowest BCUT2D eigenvalue weighted by atomic mass is 10.1. The summed E-state index contributed by atoms with van der Waals surface area (Å²) < 4.78 is 0. The summed E-state index contributed by atoms with van der Waals surface area (Å²) >= 11 is 0. The van der Waals surface area contributed by atoms with Gasteiger partial charge in [0.05, 0.1) is 5.69 Å². The van der Waals surface area contributed by atoms with Crippen LogP contribution in [0, 0.1) is 6.92 Å². The summed E-state index contributed by atoms with van der Waals surface area (Å²) in [4.78, 5) is 29.4. The summed E-state index contributed by atoms with van der Waals surface area (Å²) in [5.41, 5.74) is 3.93. The monoisotopic (exact) mass is 502 g/mol. The molecule has 0 spiro atoms. The fourth-order valence-corrected chi connectivity index (χ4v) is 3.18. The number of carbonyl (C=O) groups is 1. The number of fused-ring (bicyclic) bond motifs is 1. The lowest BCUT2D eigenvalue weighted by molar-refractivity contribution is -0.128. The fourth-order valence-electron chi connectivity index (χ4n) is 3.18. The Bertz CT molecular complexity index is 816. The van der Waals surface area contributed by atoms with Gasteiger partial charge in [0, 0.05) is 43.9 Å². The van der Waals surface area contributed by atoms with Crippen LogP contribution in [0.25, 0.3) is 6.08 Å². The van der Waals surface area contributed by atoms with Crippen molar-refractivity contribution in [1.82, 2.24) is 25.4 Å². The Morgan fingerprint density at radius 1 is 0.972 bits per heavy atom. The van der Waals surface area contributed by atoms with E-state index in [1.54, 1.807) is 19.3 Å². The van der Waals surface area contributed by atoms with Gasteiger partial charge < -0.3 is 4.90 Å². The molecule has 1 amide bonds. The molecule has 0 aromatic carbocycles. The molecule has 0 radical (unpaired) electrons. The van der Waals surface area contributed by atoms with E-state index in [0.717, 1.165) is 43.3 Å². The molecule has 1 aliphatic heterocycles. The fraction of sp³-hybridized carbons (Fsp3) is 0.607. The van der Waals surface area contributed by atoms with E-state index in [-0.39, 0.29) is 5.91 Å². The second-order valence-corrected chi connectivity index (χ2v) is 7.02. The topological polar surface area (TPSA) is 104 Å². The highest BCUT2D eigenvalue weighted by molar-refractivity contribution is 5.74. The summed E-state index contributed by atoms with van der Waals surface area (Å²) in [6.45, 7) is 20.0. The Morgan fingerprint density at radius 3 is 2.00 bits per heavy atom. The number of piperidine rings is 1. The number of hydrogen-bond donors (Lipinski definition) is 2. The number of hydroxylamine groups is 1. The Labute approximate surface area is 219 Å². The van der Waals surface area contributed by atoms with Crippen molar-refractivity contribution in [3.8, 4) is 0 Å². The van der Waals surface area contributed by atoms with Crippen LogP contribution < -0.4 is 10.4 Å². The number of aromatic nitrogens is 4. The Hall–Kier alpha value is -2.87. The highest BCUT2D eigenvalue weighted by Gasteiger charge is 2.20. The lowest BCUT2D eigenvalue weighted by Crippen LogP contribution is -2.31. The third kappa shape index (κ3) is 13.9. The lowest BCUT2D eigenvalue weighted by Gasteiger charge is -2.29. The second-order valence-electron chi connectivity index (χ2n) is 7.02. The van der Waals surface area contributed by atoms with Crippen molar-refractivity contribution < 1.29 is 10.0 Å². The molecular weight excluding hydrogens is 452 g/mol. The first-order valence-electron chi connectivity index (χ1n) is 13.6. The van der Waals surface area contributed by atoms with Gasteiger partial charge in [-0.15, -0.1) is 0 Å². The van der Waals surface area contributed by atoms with E-state index in [4.69, 9.17) is 5.21 Å². The molecule has 1 aliphatic carbocycles. The molecule has 0 unspecified atom stereocenters. The van der Waals surface area contributed by atoms with Gasteiger partial charge in [0.15, 0.2) is 0 Å². The molecule has 8 heteroatoms. The molecule has 3 heterocycles. The van der Waals surface area contributed by atoms with Crippen LogP contribution in [0.5, 0.6) is 0 Å². The van der Waals surface area contributed by atoms with Crippen LogP contribution in [0.3, 0.4) is 0 Å². The standard InChI is InChI=1S/C13H17N3.C6H8N2.C3H7NO2.3C2H6/c1-10-14-12-7-5-6-11(12)13(15-10)16-8-3-2-4-9-16;1-2-6-7-4-3-5-8-6;1-2-3(5)4-6;3*1-2/h5,7H,2-4,6,8-9H2,1H3;3-5H,2H2,1H3;6H,2H2,1H3,(H,4,5);3*1-2H3. The molecule has 2 aromatic rings. The van der Waals surface area contributed by atoms with Crippen molar-refractivity contribution in [3.05, 3.63) is 47.4 Å². The third-order valence-electron chi connectivity index (χ3n) is 4.76. The molecule has 2 aliphatic rings. The average Bonchev–Trinajstić information content (AvgIpc) is 3.45. The number of nitrogens with one attached hydrogen (secondary N) is 1. The SMILES string of the molecule is CC.CC.CC.CCC(=O)NO.CCc1ncccn1.Cc1nc2c(c(N3CCCCC3)n1)CC=C2. The second kappa shape index (κ2) is 23.9. The summed E-state index contributed by atoms with van der Waals surface area (Å²) in [5, 5.41) is 7.74. The van der Waals surface area contributed by atoms with Gasteiger partial charge >= 0.3 is 0 Å². The van der Waals surface area contributed by atoms with Crippen molar-refractivity contribution in [2.75, 3.05) is 18.0 Å². The Morgan fingerprint density at radius 2 is 1.56 bits per heavy atom. The predicted molar refractivity (Wildman–Crippen MR) is 151 cm³/mol. The summed E-state index contributed by atoms with van der Waals surface area (Å²) in [6, 6.07) is 1.82.